The normalized spacial score (nSPS) is 11.8. The van der Waals surface area contributed by atoms with Gasteiger partial charge in [-0.05, 0) is 53.6 Å². The number of aromatic nitrogens is 2. The highest BCUT2D eigenvalue weighted by atomic mass is 32.1. The lowest BCUT2D eigenvalue weighted by Gasteiger charge is -2.11. The largest absolute Gasteiger partial charge is 0.228 e. The molecule has 0 aliphatic heterocycles. The Morgan fingerprint density at radius 2 is 1.05 bits per heavy atom. The fourth-order valence-corrected chi connectivity index (χ4v) is 8.31. The standard InChI is InChI=1S/C38H22N2S2/c1-2-9-23(10-3-1)38-39-31-14-6-4-12-27(31)37(40-38)28-13-8-16-35-36(28)30-22-25(18-20-34(30)42-35)24-17-19-33-29(21-24)26-11-5-7-15-32(26)41-33/h1-22H. The lowest BCUT2D eigenvalue weighted by atomic mass is 9.97. The number of benzene rings is 6. The molecule has 196 valence electrons. The molecule has 0 unspecified atom stereocenters. The van der Waals surface area contributed by atoms with Gasteiger partial charge in [0.05, 0.1) is 11.2 Å². The van der Waals surface area contributed by atoms with E-state index in [-0.39, 0.29) is 0 Å². The molecule has 9 aromatic rings. The van der Waals surface area contributed by atoms with E-state index in [9.17, 15) is 0 Å². The van der Waals surface area contributed by atoms with E-state index in [1.807, 2.05) is 46.9 Å². The third kappa shape index (κ3) is 3.69. The third-order valence-corrected chi connectivity index (χ3v) is 10.4. The van der Waals surface area contributed by atoms with Gasteiger partial charge in [-0.15, -0.1) is 22.7 Å². The molecule has 3 heterocycles. The van der Waals surface area contributed by atoms with Crippen LogP contribution in [0.1, 0.15) is 0 Å². The smallest absolute Gasteiger partial charge is 0.160 e. The molecule has 4 heteroatoms. The van der Waals surface area contributed by atoms with Gasteiger partial charge in [0, 0.05) is 56.9 Å². The number of nitrogens with zero attached hydrogens (tertiary/aromatic N) is 2. The Balaban J connectivity index is 1.29. The van der Waals surface area contributed by atoms with Crippen LogP contribution in [0, 0.1) is 0 Å². The fraction of sp³-hybridized carbons (Fsp3) is 0. The van der Waals surface area contributed by atoms with E-state index in [1.165, 1.54) is 51.5 Å². The minimum Gasteiger partial charge on any atom is -0.228 e. The van der Waals surface area contributed by atoms with Crippen molar-refractivity contribution in [1.29, 1.82) is 0 Å². The molecule has 9 rings (SSSR count). The molecule has 0 fully saturated rings. The van der Waals surface area contributed by atoms with Gasteiger partial charge in [-0.25, -0.2) is 9.97 Å². The second kappa shape index (κ2) is 9.31. The van der Waals surface area contributed by atoms with E-state index in [4.69, 9.17) is 9.97 Å². The highest BCUT2D eigenvalue weighted by Crippen LogP contribution is 2.43. The number of thiophene rings is 2. The van der Waals surface area contributed by atoms with Gasteiger partial charge >= 0.3 is 0 Å². The molecule has 0 aliphatic carbocycles. The van der Waals surface area contributed by atoms with Gasteiger partial charge in [-0.3, -0.25) is 0 Å². The van der Waals surface area contributed by atoms with Crippen molar-refractivity contribution in [2.24, 2.45) is 0 Å². The topological polar surface area (TPSA) is 25.8 Å². The Labute approximate surface area is 250 Å². The maximum atomic E-state index is 5.21. The van der Waals surface area contributed by atoms with Crippen molar-refractivity contribution in [3.8, 4) is 33.8 Å². The molecule has 0 N–H and O–H groups in total. The van der Waals surface area contributed by atoms with Crippen molar-refractivity contribution in [3.63, 3.8) is 0 Å². The van der Waals surface area contributed by atoms with Gasteiger partial charge in [0.2, 0.25) is 0 Å². The summed E-state index contributed by atoms with van der Waals surface area (Å²) >= 11 is 3.71. The van der Waals surface area contributed by atoms with Crippen molar-refractivity contribution in [2.45, 2.75) is 0 Å². The summed E-state index contributed by atoms with van der Waals surface area (Å²) in [6, 6.07) is 47.7. The van der Waals surface area contributed by atoms with Crippen molar-refractivity contribution in [1.82, 2.24) is 9.97 Å². The summed E-state index contributed by atoms with van der Waals surface area (Å²) in [5.74, 6) is 0.748. The Morgan fingerprint density at radius 1 is 0.405 bits per heavy atom. The Hall–Kier alpha value is -4.90. The summed E-state index contributed by atoms with van der Waals surface area (Å²) in [6.45, 7) is 0. The van der Waals surface area contributed by atoms with Gasteiger partial charge < -0.3 is 0 Å². The predicted molar refractivity (Wildman–Crippen MR) is 182 cm³/mol. The van der Waals surface area contributed by atoms with Gasteiger partial charge in [-0.1, -0.05) is 91.0 Å². The summed E-state index contributed by atoms with van der Waals surface area (Å²) < 4.78 is 5.21. The quantitative estimate of drug-likeness (QED) is 0.211. The summed E-state index contributed by atoms with van der Waals surface area (Å²) in [4.78, 5) is 10.2. The molecule has 6 aromatic carbocycles. The van der Waals surface area contributed by atoms with Gasteiger partial charge in [-0.2, -0.15) is 0 Å². The molecule has 0 saturated carbocycles. The molecule has 2 nitrogen and oxygen atoms in total. The van der Waals surface area contributed by atoms with Crippen LogP contribution in [0.15, 0.2) is 133 Å². The first kappa shape index (κ1) is 23.8. The van der Waals surface area contributed by atoms with E-state index in [0.717, 1.165) is 33.5 Å². The molecule has 3 aromatic heterocycles. The molecule has 0 atom stereocenters. The van der Waals surface area contributed by atoms with Crippen LogP contribution >= 0.6 is 22.7 Å². The monoisotopic (exact) mass is 570 g/mol. The molecule has 0 spiro atoms. The van der Waals surface area contributed by atoms with Gasteiger partial charge in [0.25, 0.3) is 0 Å². The van der Waals surface area contributed by atoms with Crippen LogP contribution in [-0.2, 0) is 0 Å². The zero-order chi connectivity index (χ0) is 27.6. The van der Waals surface area contributed by atoms with E-state index in [1.54, 1.807) is 0 Å². The Bertz CT molecular complexity index is 2470. The van der Waals surface area contributed by atoms with Crippen LogP contribution in [0.25, 0.3) is 85.0 Å². The van der Waals surface area contributed by atoms with Gasteiger partial charge in [0.15, 0.2) is 5.82 Å². The highest BCUT2D eigenvalue weighted by Gasteiger charge is 2.17. The lowest BCUT2D eigenvalue weighted by molar-refractivity contribution is 1.23. The summed E-state index contributed by atoms with van der Waals surface area (Å²) in [5.41, 5.74) is 6.56. The van der Waals surface area contributed by atoms with Crippen molar-refractivity contribution >= 4 is 73.9 Å². The van der Waals surface area contributed by atoms with Crippen LogP contribution in [0.5, 0.6) is 0 Å². The number of para-hydroxylation sites is 1. The lowest BCUT2D eigenvalue weighted by Crippen LogP contribution is -1.95. The van der Waals surface area contributed by atoms with Crippen LogP contribution in [0.4, 0.5) is 0 Å². The summed E-state index contributed by atoms with van der Waals surface area (Å²) in [6.07, 6.45) is 0. The SMILES string of the molecule is c1ccc(-c2nc(-c3cccc4sc5ccc(-c6ccc7sc8ccccc8c7c6)cc5c34)c3ccccc3n2)cc1. The molecule has 0 radical (unpaired) electrons. The average Bonchev–Trinajstić information content (AvgIpc) is 3.62. The average molecular weight is 571 g/mol. The first-order valence-corrected chi connectivity index (χ1v) is 15.6. The van der Waals surface area contributed by atoms with Crippen molar-refractivity contribution in [2.75, 3.05) is 0 Å². The summed E-state index contributed by atoms with van der Waals surface area (Å²) in [5, 5.41) is 6.24. The fourth-order valence-electron chi connectivity index (χ4n) is 6.11. The third-order valence-electron chi connectivity index (χ3n) is 8.10. The molecule has 0 saturated heterocycles. The Kier molecular flexibility index (Phi) is 5.27. The van der Waals surface area contributed by atoms with Gasteiger partial charge in [0.1, 0.15) is 0 Å². The number of hydrogen-bond donors (Lipinski definition) is 0. The molecular weight excluding hydrogens is 549 g/mol. The second-order valence-electron chi connectivity index (χ2n) is 10.6. The van der Waals surface area contributed by atoms with E-state index >= 15 is 0 Å². The number of hydrogen-bond acceptors (Lipinski definition) is 4. The molecule has 0 amide bonds. The minimum atomic E-state index is 0.748. The maximum Gasteiger partial charge on any atom is 0.160 e. The highest BCUT2D eigenvalue weighted by molar-refractivity contribution is 7.26. The first-order chi connectivity index (χ1) is 20.8. The molecule has 0 bridgehead atoms. The van der Waals surface area contributed by atoms with E-state index in [2.05, 4.69) is 109 Å². The van der Waals surface area contributed by atoms with Crippen molar-refractivity contribution < 1.29 is 0 Å². The molecule has 0 aliphatic rings. The summed E-state index contributed by atoms with van der Waals surface area (Å²) in [7, 11) is 0. The van der Waals surface area contributed by atoms with E-state index < -0.39 is 0 Å². The second-order valence-corrected chi connectivity index (χ2v) is 12.7. The first-order valence-electron chi connectivity index (χ1n) is 14.0. The number of fused-ring (bicyclic) bond motifs is 7. The van der Waals surface area contributed by atoms with Crippen LogP contribution in [-0.4, -0.2) is 9.97 Å². The van der Waals surface area contributed by atoms with Crippen LogP contribution in [0.2, 0.25) is 0 Å². The van der Waals surface area contributed by atoms with Crippen LogP contribution < -0.4 is 0 Å². The number of rotatable bonds is 3. The van der Waals surface area contributed by atoms with Crippen molar-refractivity contribution in [3.05, 3.63) is 133 Å². The minimum absolute atomic E-state index is 0.748. The zero-order valence-corrected chi connectivity index (χ0v) is 24.0. The molecular formula is C38H22N2S2. The molecule has 42 heavy (non-hydrogen) atoms. The maximum absolute atomic E-state index is 5.21. The zero-order valence-electron chi connectivity index (χ0n) is 22.4. The van der Waals surface area contributed by atoms with Crippen LogP contribution in [0.3, 0.4) is 0 Å². The predicted octanol–water partition coefficient (Wildman–Crippen LogP) is 11.4. The van der Waals surface area contributed by atoms with E-state index in [0.29, 0.717) is 0 Å². The Morgan fingerprint density at radius 3 is 1.90 bits per heavy atom.